The first-order valence-corrected chi connectivity index (χ1v) is 5.34. The van der Waals surface area contributed by atoms with Gasteiger partial charge in [-0.2, -0.15) is 5.10 Å². The topological polar surface area (TPSA) is 36.4 Å². The van der Waals surface area contributed by atoms with Crippen LogP contribution in [0, 0.1) is 0 Å². The lowest BCUT2D eigenvalue weighted by atomic mass is 10.2. The normalized spacial score (nSPS) is 10.3. The highest BCUT2D eigenvalue weighted by Gasteiger charge is 1.94. The van der Waals surface area contributed by atoms with Crippen LogP contribution in [0.25, 0.3) is 0 Å². The van der Waals surface area contributed by atoms with Crippen LogP contribution >= 0.6 is 23.8 Å². The van der Waals surface area contributed by atoms with Gasteiger partial charge in [-0.3, -0.25) is 5.43 Å². The first-order chi connectivity index (χ1) is 7.24. The van der Waals surface area contributed by atoms with Crippen LogP contribution in [0.3, 0.4) is 0 Å². The van der Waals surface area contributed by atoms with Crippen molar-refractivity contribution >= 4 is 35.1 Å². The third-order valence-corrected chi connectivity index (χ3v) is 2.19. The van der Waals surface area contributed by atoms with Gasteiger partial charge in [0, 0.05) is 17.1 Å². The van der Waals surface area contributed by atoms with E-state index in [1.54, 1.807) is 6.21 Å². The fourth-order valence-electron chi connectivity index (χ4n) is 0.940. The molecule has 0 bridgehead atoms. The molecular formula is C10H12ClN3S. The lowest BCUT2D eigenvalue weighted by molar-refractivity contribution is 0.904. The Kier molecular flexibility index (Phi) is 5.07. The third kappa shape index (κ3) is 4.27. The van der Waals surface area contributed by atoms with Crippen molar-refractivity contribution in [1.29, 1.82) is 0 Å². The Balaban J connectivity index is 2.52. The van der Waals surface area contributed by atoms with E-state index >= 15 is 0 Å². The molecule has 0 aliphatic rings. The molecule has 80 valence electrons. The van der Waals surface area contributed by atoms with Gasteiger partial charge in [0.1, 0.15) is 0 Å². The van der Waals surface area contributed by atoms with E-state index < -0.39 is 0 Å². The number of benzene rings is 1. The van der Waals surface area contributed by atoms with Crippen molar-refractivity contribution < 1.29 is 0 Å². The Bertz CT molecular complexity index is 365. The van der Waals surface area contributed by atoms with Crippen LogP contribution in [-0.2, 0) is 0 Å². The molecule has 0 radical (unpaired) electrons. The number of halogens is 1. The second-order valence-electron chi connectivity index (χ2n) is 2.75. The summed E-state index contributed by atoms with van der Waals surface area (Å²) in [5, 5.41) is 8.04. The van der Waals surface area contributed by atoms with E-state index in [1.807, 2.05) is 31.2 Å². The molecule has 0 saturated carbocycles. The number of nitrogens with zero attached hydrogens (tertiary/aromatic N) is 1. The molecule has 0 aliphatic heterocycles. The van der Waals surface area contributed by atoms with Gasteiger partial charge in [-0.1, -0.05) is 29.8 Å². The lowest BCUT2D eigenvalue weighted by Crippen LogP contribution is -2.31. The summed E-state index contributed by atoms with van der Waals surface area (Å²) in [7, 11) is 0. The number of nitrogens with one attached hydrogen (secondary N) is 2. The van der Waals surface area contributed by atoms with Crippen LogP contribution < -0.4 is 10.7 Å². The third-order valence-electron chi connectivity index (χ3n) is 1.61. The van der Waals surface area contributed by atoms with Gasteiger partial charge in [0.2, 0.25) is 0 Å². The second kappa shape index (κ2) is 6.37. The first-order valence-electron chi connectivity index (χ1n) is 4.55. The monoisotopic (exact) mass is 241 g/mol. The average molecular weight is 242 g/mol. The largest absolute Gasteiger partial charge is 0.362 e. The van der Waals surface area contributed by atoms with Crippen molar-refractivity contribution in [2.75, 3.05) is 6.54 Å². The highest BCUT2D eigenvalue weighted by Crippen LogP contribution is 2.11. The molecule has 1 aromatic carbocycles. The summed E-state index contributed by atoms with van der Waals surface area (Å²) in [5.74, 6) is 0. The molecule has 0 fully saturated rings. The van der Waals surface area contributed by atoms with Crippen LogP contribution in [-0.4, -0.2) is 17.9 Å². The highest BCUT2D eigenvalue weighted by molar-refractivity contribution is 7.80. The van der Waals surface area contributed by atoms with E-state index in [4.69, 9.17) is 23.8 Å². The van der Waals surface area contributed by atoms with E-state index in [1.165, 1.54) is 0 Å². The molecule has 0 amide bonds. The maximum absolute atomic E-state index is 5.93. The maximum atomic E-state index is 5.93. The Hall–Kier alpha value is -1.13. The molecule has 1 rings (SSSR count). The van der Waals surface area contributed by atoms with Crippen molar-refractivity contribution in [3.63, 3.8) is 0 Å². The van der Waals surface area contributed by atoms with Gasteiger partial charge in [-0.05, 0) is 25.2 Å². The SMILES string of the molecule is CCNC(=S)NN=Cc1ccccc1Cl. The summed E-state index contributed by atoms with van der Waals surface area (Å²) < 4.78 is 0. The molecule has 3 nitrogen and oxygen atoms in total. The summed E-state index contributed by atoms with van der Waals surface area (Å²) in [4.78, 5) is 0. The number of rotatable bonds is 3. The number of hydrogen-bond acceptors (Lipinski definition) is 2. The Morgan fingerprint density at radius 3 is 2.93 bits per heavy atom. The first kappa shape index (κ1) is 11.9. The highest BCUT2D eigenvalue weighted by atomic mass is 35.5. The minimum Gasteiger partial charge on any atom is -0.362 e. The van der Waals surface area contributed by atoms with Gasteiger partial charge in [0.15, 0.2) is 5.11 Å². The van der Waals surface area contributed by atoms with Crippen LogP contribution in [0.5, 0.6) is 0 Å². The molecule has 0 atom stereocenters. The van der Waals surface area contributed by atoms with E-state index in [-0.39, 0.29) is 0 Å². The maximum Gasteiger partial charge on any atom is 0.186 e. The van der Waals surface area contributed by atoms with Gasteiger partial charge in [-0.15, -0.1) is 0 Å². The number of hydrazone groups is 1. The zero-order chi connectivity index (χ0) is 11.1. The summed E-state index contributed by atoms with van der Waals surface area (Å²) in [6, 6.07) is 7.46. The van der Waals surface area contributed by atoms with Crippen molar-refractivity contribution in [2.45, 2.75) is 6.92 Å². The quantitative estimate of drug-likeness (QED) is 0.484. The van der Waals surface area contributed by atoms with Crippen molar-refractivity contribution in [1.82, 2.24) is 10.7 Å². The Morgan fingerprint density at radius 1 is 1.53 bits per heavy atom. The van der Waals surface area contributed by atoms with Crippen LogP contribution in [0.15, 0.2) is 29.4 Å². The predicted molar refractivity (Wildman–Crippen MR) is 68.5 cm³/mol. The van der Waals surface area contributed by atoms with E-state index in [0.29, 0.717) is 10.1 Å². The molecule has 0 spiro atoms. The van der Waals surface area contributed by atoms with Gasteiger partial charge in [0.25, 0.3) is 0 Å². The Morgan fingerprint density at radius 2 is 2.27 bits per heavy atom. The molecule has 5 heteroatoms. The molecule has 0 heterocycles. The molecule has 0 aromatic heterocycles. The minimum atomic E-state index is 0.501. The van der Waals surface area contributed by atoms with Gasteiger partial charge in [0.05, 0.1) is 6.21 Å². The molecule has 0 unspecified atom stereocenters. The second-order valence-corrected chi connectivity index (χ2v) is 3.57. The summed E-state index contributed by atoms with van der Waals surface area (Å²) >= 11 is 10.9. The van der Waals surface area contributed by atoms with Crippen LogP contribution in [0.1, 0.15) is 12.5 Å². The van der Waals surface area contributed by atoms with Crippen LogP contribution in [0.2, 0.25) is 5.02 Å². The lowest BCUT2D eigenvalue weighted by Gasteiger charge is -2.02. The van der Waals surface area contributed by atoms with Crippen molar-refractivity contribution in [2.24, 2.45) is 5.10 Å². The average Bonchev–Trinajstić information content (AvgIpc) is 2.21. The van der Waals surface area contributed by atoms with E-state index in [0.717, 1.165) is 12.1 Å². The molecule has 0 saturated heterocycles. The number of hydrogen-bond donors (Lipinski definition) is 2. The fraction of sp³-hybridized carbons (Fsp3) is 0.200. The Labute approximate surface area is 99.5 Å². The van der Waals surface area contributed by atoms with Crippen LogP contribution in [0.4, 0.5) is 0 Å². The molecule has 2 N–H and O–H groups in total. The zero-order valence-electron chi connectivity index (χ0n) is 8.33. The smallest absolute Gasteiger partial charge is 0.186 e. The molecular weight excluding hydrogens is 230 g/mol. The van der Waals surface area contributed by atoms with Gasteiger partial charge < -0.3 is 5.32 Å². The summed E-state index contributed by atoms with van der Waals surface area (Å²) in [6.07, 6.45) is 1.63. The minimum absolute atomic E-state index is 0.501. The van der Waals surface area contributed by atoms with E-state index in [9.17, 15) is 0 Å². The van der Waals surface area contributed by atoms with E-state index in [2.05, 4.69) is 15.8 Å². The van der Waals surface area contributed by atoms with Gasteiger partial charge >= 0.3 is 0 Å². The number of thiocarbonyl (C=S) groups is 1. The fourth-order valence-corrected chi connectivity index (χ4v) is 1.32. The predicted octanol–water partition coefficient (Wildman–Crippen LogP) is 2.16. The van der Waals surface area contributed by atoms with Crippen molar-refractivity contribution in [3.05, 3.63) is 34.9 Å². The molecule has 0 aliphatic carbocycles. The zero-order valence-corrected chi connectivity index (χ0v) is 9.90. The summed E-state index contributed by atoms with van der Waals surface area (Å²) in [6.45, 7) is 2.74. The van der Waals surface area contributed by atoms with Crippen molar-refractivity contribution in [3.8, 4) is 0 Å². The molecule has 15 heavy (non-hydrogen) atoms. The summed E-state index contributed by atoms with van der Waals surface area (Å²) in [5.41, 5.74) is 3.54. The molecule has 1 aromatic rings. The van der Waals surface area contributed by atoms with Gasteiger partial charge in [-0.25, -0.2) is 0 Å². The standard InChI is InChI=1S/C10H12ClN3S/c1-2-12-10(15)14-13-7-8-5-3-4-6-9(8)11/h3-7H,2H2,1H3,(H2,12,14,15).